The lowest BCUT2D eigenvalue weighted by molar-refractivity contribution is 0.120. The van der Waals surface area contributed by atoms with E-state index in [0.717, 1.165) is 11.3 Å². The summed E-state index contributed by atoms with van der Waals surface area (Å²) in [5.41, 5.74) is 6.28. The van der Waals surface area contributed by atoms with Crippen molar-refractivity contribution < 1.29 is 9.52 Å². The van der Waals surface area contributed by atoms with Gasteiger partial charge < -0.3 is 15.3 Å². The lowest BCUT2D eigenvalue weighted by Gasteiger charge is -2.15. The lowest BCUT2D eigenvalue weighted by atomic mass is 9.98. The fourth-order valence-electron chi connectivity index (χ4n) is 1.14. The third kappa shape index (κ3) is 1.68. The molecular weight excluding hydrogens is 154 g/mol. The van der Waals surface area contributed by atoms with Crippen LogP contribution in [-0.4, -0.2) is 11.7 Å². The van der Waals surface area contributed by atoms with Crippen molar-refractivity contribution in [2.45, 2.75) is 20.0 Å². The number of nitrogens with two attached hydrogens (primary N) is 1. The van der Waals surface area contributed by atoms with Gasteiger partial charge in [-0.2, -0.15) is 0 Å². The fourth-order valence-corrected chi connectivity index (χ4v) is 1.14. The van der Waals surface area contributed by atoms with Gasteiger partial charge in [-0.25, -0.2) is 0 Å². The summed E-state index contributed by atoms with van der Waals surface area (Å²) in [6.07, 6.45) is 1.07. The summed E-state index contributed by atoms with van der Waals surface area (Å²) in [5.74, 6) is 0.837. The summed E-state index contributed by atoms with van der Waals surface area (Å²) >= 11 is 0. The molecule has 1 aromatic heterocycles. The number of aliphatic hydroxyl groups excluding tert-OH is 1. The van der Waals surface area contributed by atoms with E-state index in [1.165, 1.54) is 0 Å². The maximum absolute atomic E-state index is 9.72. The number of hydrogen-bond donors (Lipinski definition) is 2. The predicted octanol–water partition coefficient (Wildman–Crippen LogP) is 1.22. The molecule has 12 heavy (non-hydrogen) atoms. The van der Waals surface area contributed by atoms with Crippen LogP contribution in [0.5, 0.6) is 0 Å². The smallest absolute Gasteiger partial charge is 0.106 e. The van der Waals surface area contributed by atoms with Crippen molar-refractivity contribution in [3.8, 4) is 0 Å². The molecule has 0 spiro atoms. The van der Waals surface area contributed by atoms with Gasteiger partial charge in [-0.3, -0.25) is 0 Å². The first-order valence-corrected chi connectivity index (χ1v) is 4.09. The maximum Gasteiger partial charge on any atom is 0.106 e. The van der Waals surface area contributed by atoms with Crippen LogP contribution in [-0.2, 0) is 0 Å². The van der Waals surface area contributed by atoms with Gasteiger partial charge in [-0.05, 0) is 25.5 Å². The van der Waals surface area contributed by atoms with Gasteiger partial charge in [0.05, 0.1) is 12.4 Å². The highest BCUT2D eigenvalue weighted by atomic mass is 16.3. The van der Waals surface area contributed by atoms with E-state index in [-0.39, 0.29) is 5.92 Å². The number of aliphatic hydroxyl groups is 1. The van der Waals surface area contributed by atoms with Crippen molar-refractivity contribution >= 4 is 0 Å². The number of furan rings is 1. The van der Waals surface area contributed by atoms with Crippen LogP contribution >= 0.6 is 0 Å². The van der Waals surface area contributed by atoms with Crippen LogP contribution in [0.25, 0.3) is 0 Å². The zero-order valence-electron chi connectivity index (χ0n) is 7.45. The van der Waals surface area contributed by atoms with Crippen molar-refractivity contribution in [2.75, 3.05) is 6.54 Å². The third-order valence-corrected chi connectivity index (χ3v) is 2.13. The molecule has 2 atom stereocenters. The molecule has 0 aromatic carbocycles. The van der Waals surface area contributed by atoms with E-state index >= 15 is 0 Å². The second kappa shape index (κ2) is 3.74. The minimum atomic E-state index is -0.506. The average Bonchev–Trinajstić information content (AvgIpc) is 2.48. The Morgan fingerprint density at radius 2 is 2.33 bits per heavy atom. The average molecular weight is 169 g/mol. The largest absolute Gasteiger partial charge is 0.469 e. The number of hydrogen-bond acceptors (Lipinski definition) is 3. The molecule has 1 aromatic rings. The van der Waals surface area contributed by atoms with Gasteiger partial charge in [0, 0.05) is 5.56 Å². The zero-order chi connectivity index (χ0) is 9.14. The third-order valence-electron chi connectivity index (χ3n) is 2.13. The van der Waals surface area contributed by atoms with Crippen LogP contribution in [0.3, 0.4) is 0 Å². The van der Waals surface area contributed by atoms with E-state index in [1.54, 1.807) is 12.3 Å². The van der Waals surface area contributed by atoms with E-state index in [4.69, 9.17) is 10.2 Å². The van der Waals surface area contributed by atoms with Crippen molar-refractivity contribution in [3.05, 3.63) is 23.7 Å². The minimum absolute atomic E-state index is 0.0706. The molecule has 0 saturated heterocycles. The summed E-state index contributed by atoms with van der Waals surface area (Å²) in [6, 6.07) is 1.78. The molecule has 0 aliphatic carbocycles. The molecule has 1 heterocycles. The van der Waals surface area contributed by atoms with E-state index in [9.17, 15) is 5.11 Å². The summed E-state index contributed by atoms with van der Waals surface area (Å²) in [6.45, 7) is 4.23. The van der Waals surface area contributed by atoms with Crippen molar-refractivity contribution in [1.82, 2.24) is 0 Å². The molecule has 68 valence electrons. The lowest BCUT2D eigenvalue weighted by Crippen LogP contribution is -2.18. The number of aryl methyl sites for hydroxylation is 1. The van der Waals surface area contributed by atoms with Crippen LogP contribution in [0.15, 0.2) is 16.7 Å². The summed E-state index contributed by atoms with van der Waals surface area (Å²) in [4.78, 5) is 0. The molecule has 3 N–H and O–H groups in total. The zero-order valence-corrected chi connectivity index (χ0v) is 7.45. The highest BCUT2D eigenvalue weighted by molar-refractivity contribution is 5.19. The monoisotopic (exact) mass is 169 g/mol. The Balaban J connectivity index is 2.77. The normalized spacial score (nSPS) is 16.0. The topological polar surface area (TPSA) is 59.4 Å². The Morgan fingerprint density at radius 3 is 2.75 bits per heavy atom. The highest BCUT2D eigenvalue weighted by Crippen LogP contribution is 2.24. The van der Waals surface area contributed by atoms with Crippen LogP contribution < -0.4 is 5.73 Å². The quantitative estimate of drug-likeness (QED) is 0.715. The van der Waals surface area contributed by atoms with Gasteiger partial charge >= 0.3 is 0 Å². The van der Waals surface area contributed by atoms with Crippen LogP contribution in [0, 0.1) is 12.8 Å². The van der Waals surface area contributed by atoms with Crippen LogP contribution in [0.1, 0.15) is 24.4 Å². The minimum Gasteiger partial charge on any atom is -0.469 e. The molecule has 3 nitrogen and oxygen atoms in total. The Bertz CT molecular complexity index is 244. The SMILES string of the molecule is Cc1occc1C(O)C(C)CN. The molecule has 0 aliphatic rings. The Kier molecular flexibility index (Phi) is 2.89. The summed E-state index contributed by atoms with van der Waals surface area (Å²) < 4.78 is 5.08. The molecule has 2 unspecified atom stereocenters. The molecule has 1 rings (SSSR count). The van der Waals surface area contributed by atoms with Gasteiger partial charge in [-0.1, -0.05) is 6.92 Å². The molecule has 0 bridgehead atoms. The second-order valence-electron chi connectivity index (χ2n) is 3.09. The standard InChI is InChI=1S/C9H15NO2/c1-6(5-10)9(11)8-3-4-12-7(8)2/h3-4,6,9,11H,5,10H2,1-2H3. The van der Waals surface area contributed by atoms with Crippen molar-refractivity contribution in [2.24, 2.45) is 11.7 Å². The predicted molar refractivity (Wildman–Crippen MR) is 46.6 cm³/mol. The molecule has 0 radical (unpaired) electrons. The van der Waals surface area contributed by atoms with Gasteiger partial charge in [0.2, 0.25) is 0 Å². The van der Waals surface area contributed by atoms with Gasteiger partial charge in [-0.15, -0.1) is 0 Å². The molecule has 0 aliphatic heterocycles. The summed E-state index contributed by atoms with van der Waals surface area (Å²) in [7, 11) is 0. The number of rotatable bonds is 3. The Morgan fingerprint density at radius 1 is 1.67 bits per heavy atom. The van der Waals surface area contributed by atoms with E-state index in [2.05, 4.69) is 0 Å². The molecule has 0 amide bonds. The van der Waals surface area contributed by atoms with Gasteiger partial charge in [0.15, 0.2) is 0 Å². The molecule has 3 heteroatoms. The highest BCUT2D eigenvalue weighted by Gasteiger charge is 2.18. The fraction of sp³-hybridized carbons (Fsp3) is 0.556. The van der Waals surface area contributed by atoms with E-state index < -0.39 is 6.10 Å². The maximum atomic E-state index is 9.72. The van der Waals surface area contributed by atoms with E-state index in [0.29, 0.717) is 6.54 Å². The van der Waals surface area contributed by atoms with Gasteiger partial charge in [0.25, 0.3) is 0 Å². The first-order valence-electron chi connectivity index (χ1n) is 4.09. The van der Waals surface area contributed by atoms with E-state index in [1.807, 2.05) is 13.8 Å². The summed E-state index contributed by atoms with van der Waals surface area (Å²) in [5, 5.41) is 9.72. The van der Waals surface area contributed by atoms with Crippen molar-refractivity contribution in [3.63, 3.8) is 0 Å². The Labute approximate surface area is 72.2 Å². The first-order chi connectivity index (χ1) is 5.66. The second-order valence-corrected chi connectivity index (χ2v) is 3.09. The molecule has 0 fully saturated rings. The van der Waals surface area contributed by atoms with Crippen LogP contribution in [0.4, 0.5) is 0 Å². The molecule has 0 saturated carbocycles. The van der Waals surface area contributed by atoms with Crippen LogP contribution in [0.2, 0.25) is 0 Å². The molecular formula is C9H15NO2. The Hall–Kier alpha value is -0.800. The van der Waals surface area contributed by atoms with Gasteiger partial charge in [0.1, 0.15) is 5.76 Å². The first kappa shape index (κ1) is 9.29. The van der Waals surface area contributed by atoms with Crippen molar-refractivity contribution in [1.29, 1.82) is 0 Å².